The number of nitriles is 1. The fourth-order valence-corrected chi connectivity index (χ4v) is 6.08. The van der Waals surface area contributed by atoms with Crippen LogP contribution in [0.15, 0.2) is 71.6 Å². The van der Waals surface area contributed by atoms with Gasteiger partial charge in [-0.2, -0.15) is 9.57 Å². The average Bonchev–Trinajstić information content (AvgIpc) is 2.99. The van der Waals surface area contributed by atoms with Crippen LogP contribution in [-0.2, 0) is 26.1 Å². The van der Waals surface area contributed by atoms with Gasteiger partial charge in [0.05, 0.1) is 23.1 Å². The molecule has 3 aromatic carbocycles. The predicted octanol–water partition coefficient (Wildman–Crippen LogP) is 4.33. The van der Waals surface area contributed by atoms with Crippen LogP contribution in [-0.4, -0.2) is 51.5 Å². The van der Waals surface area contributed by atoms with Gasteiger partial charge in [-0.1, -0.05) is 30.3 Å². The number of amides is 1. The Morgan fingerprint density at radius 2 is 1.80 bits per heavy atom. The third-order valence-corrected chi connectivity index (χ3v) is 8.65. The molecule has 0 radical (unpaired) electrons. The van der Waals surface area contributed by atoms with E-state index in [0.717, 1.165) is 5.56 Å². The first kappa shape index (κ1) is 30.0. The van der Waals surface area contributed by atoms with Crippen molar-refractivity contribution in [2.24, 2.45) is 0 Å². The molecule has 4 rings (SSSR count). The molecule has 1 N–H and O–H groups in total. The van der Waals surface area contributed by atoms with E-state index in [-0.39, 0.29) is 35.8 Å². The lowest BCUT2D eigenvalue weighted by Gasteiger charge is -2.31. The standard InChI is InChI=1S/C30H32FN3O6S/c1-3-39-24-17-26(29(38-2)30(35)33-20-22-11-9-21(19-32)10-12-22)28(31)27(18-24)40-23-13-15-34(16-14-23)41(36,37)25-7-5-4-6-8-25/h4-12,17-18,23,29H,3,13-16,20H2,1-2H3,(H,33,35)/t29-/m0/s1. The predicted molar refractivity (Wildman–Crippen MR) is 149 cm³/mol. The Morgan fingerprint density at radius 3 is 2.41 bits per heavy atom. The molecule has 0 aromatic heterocycles. The molecular weight excluding hydrogens is 549 g/mol. The number of carbonyl (C=O) groups is 1. The zero-order chi connectivity index (χ0) is 29.4. The zero-order valence-electron chi connectivity index (χ0n) is 22.9. The minimum absolute atomic E-state index is 0.0464. The third kappa shape index (κ3) is 7.21. The topological polar surface area (TPSA) is 118 Å². The molecule has 1 aliphatic heterocycles. The van der Waals surface area contributed by atoms with Crippen LogP contribution in [0.25, 0.3) is 0 Å². The number of carbonyl (C=O) groups excluding carboxylic acids is 1. The molecule has 11 heteroatoms. The van der Waals surface area contributed by atoms with Gasteiger partial charge >= 0.3 is 0 Å². The van der Waals surface area contributed by atoms with Gasteiger partial charge in [-0.05, 0) is 55.7 Å². The molecule has 41 heavy (non-hydrogen) atoms. The number of benzene rings is 3. The second-order valence-corrected chi connectivity index (χ2v) is 11.4. The fraction of sp³-hybridized carbons (Fsp3) is 0.333. The molecule has 1 amide bonds. The molecule has 0 unspecified atom stereocenters. The van der Waals surface area contributed by atoms with E-state index in [0.29, 0.717) is 30.8 Å². The first-order chi connectivity index (χ1) is 19.8. The monoisotopic (exact) mass is 581 g/mol. The number of methoxy groups -OCH3 is 1. The summed E-state index contributed by atoms with van der Waals surface area (Å²) in [6.45, 7) is 2.69. The second-order valence-electron chi connectivity index (χ2n) is 9.43. The van der Waals surface area contributed by atoms with Crippen LogP contribution >= 0.6 is 0 Å². The summed E-state index contributed by atoms with van der Waals surface area (Å²) >= 11 is 0. The van der Waals surface area contributed by atoms with Crippen LogP contribution in [0, 0.1) is 17.1 Å². The van der Waals surface area contributed by atoms with Gasteiger partial charge < -0.3 is 19.5 Å². The van der Waals surface area contributed by atoms with Gasteiger partial charge in [0.2, 0.25) is 10.0 Å². The van der Waals surface area contributed by atoms with Gasteiger partial charge in [-0.15, -0.1) is 0 Å². The summed E-state index contributed by atoms with van der Waals surface area (Å²) in [6.07, 6.45) is -1.01. The molecule has 1 heterocycles. The summed E-state index contributed by atoms with van der Waals surface area (Å²) in [7, 11) is -2.32. The van der Waals surface area contributed by atoms with Crippen molar-refractivity contribution >= 4 is 15.9 Å². The number of rotatable bonds is 11. The SMILES string of the molecule is CCOc1cc(OC2CCN(S(=O)(=O)c3ccccc3)CC2)c(F)c([C@H](OC)C(=O)NCc2ccc(C#N)cc2)c1. The summed E-state index contributed by atoms with van der Waals surface area (Å²) < 4.78 is 60.1. The van der Waals surface area contributed by atoms with Crippen molar-refractivity contribution in [3.05, 3.63) is 89.2 Å². The molecule has 9 nitrogen and oxygen atoms in total. The number of piperidine rings is 1. The Hall–Kier alpha value is -3.98. The Labute approximate surface area is 239 Å². The number of nitrogens with zero attached hydrogens (tertiary/aromatic N) is 2. The number of hydrogen-bond acceptors (Lipinski definition) is 7. The van der Waals surface area contributed by atoms with Crippen LogP contribution in [0.2, 0.25) is 0 Å². The van der Waals surface area contributed by atoms with E-state index in [1.807, 2.05) is 6.07 Å². The lowest BCUT2D eigenvalue weighted by atomic mass is 10.1. The third-order valence-electron chi connectivity index (χ3n) is 6.73. The molecule has 0 bridgehead atoms. The van der Waals surface area contributed by atoms with Gasteiger partial charge in [0, 0.05) is 38.4 Å². The van der Waals surface area contributed by atoms with Gasteiger partial charge in [0.15, 0.2) is 17.7 Å². The first-order valence-electron chi connectivity index (χ1n) is 13.2. The van der Waals surface area contributed by atoms with Crippen molar-refractivity contribution in [1.82, 2.24) is 9.62 Å². The maximum absolute atomic E-state index is 15.8. The maximum Gasteiger partial charge on any atom is 0.254 e. The van der Waals surface area contributed by atoms with E-state index in [1.54, 1.807) is 61.5 Å². The van der Waals surface area contributed by atoms with E-state index in [9.17, 15) is 13.2 Å². The molecule has 1 atom stereocenters. The highest BCUT2D eigenvalue weighted by molar-refractivity contribution is 7.89. The lowest BCUT2D eigenvalue weighted by Crippen LogP contribution is -2.41. The molecule has 0 spiro atoms. The van der Waals surface area contributed by atoms with Crippen molar-refractivity contribution in [1.29, 1.82) is 5.26 Å². The molecule has 0 aliphatic carbocycles. The Balaban J connectivity index is 1.47. The smallest absolute Gasteiger partial charge is 0.254 e. The van der Waals surface area contributed by atoms with Crippen molar-refractivity contribution in [3.8, 4) is 17.6 Å². The molecule has 216 valence electrons. The minimum Gasteiger partial charge on any atom is -0.494 e. The van der Waals surface area contributed by atoms with Crippen molar-refractivity contribution in [2.45, 2.75) is 43.4 Å². The van der Waals surface area contributed by atoms with Crippen LogP contribution in [0.3, 0.4) is 0 Å². The number of ether oxygens (including phenoxy) is 3. The van der Waals surface area contributed by atoms with E-state index >= 15 is 4.39 Å². The van der Waals surface area contributed by atoms with E-state index in [2.05, 4.69) is 5.32 Å². The largest absolute Gasteiger partial charge is 0.494 e. The molecule has 0 saturated carbocycles. The normalized spacial score (nSPS) is 15.1. The highest BCUT2D eigenvalue weighted by Gasteiger charge is 2.32. The van der Waals surface area contributed by atoms with Crippen molar-refractivity contribution in [3.63, 3.8) is 0 Å². The zero-order valence-corrected chi connectivity index (χ0v) is 23.7. The minimum atomic E-state index is -3.63. The molecule has 1 aliphatic rings. The molecule has 3 aromatic rings. The molecular formula is C30H32FN3O6S. The lowest BCUT2D eigenvalue weighted by molar-refractivity contribution is -0.131. The van der Waals surface area contributed by atoms with Crippen LogP contribution in [0.5, 0.6) is 11.5 Å². The fourth-order valence-electron chi connectivity index (χ4n) is 4.59. The number of hydrogen-bond donors (Lipinski definition) is 1. The Bertz CT molecular complexity index is 1490. The summed E-state index contributed by atoms with van der Waals surface area (Å²) in [5, 5.41) is 11.7. The Kier molecular flexibility index (Phi) is 9.94. The first-order valence-corrected chi connectivity index (χ1v) is 14.7. The second kappa shape index (κ2) is 13.6. The van der Waals surface area contributed by atoms with Gasteiger partial charge in [-0.25, -0.2) is 12.8 Å². The van der Waals surface area contributed by atoms with Gasteiger partial charge in [0.25, 0.3) is 5.91 Å². The highest BCUT2D eigenvalue weighted by Crippen LogP contribution is 2.34. The van der Waals surface area contributed by atoms with E-state index in [4.69, 9.17) is 19.5 Å². The maximum atomic E-state index is 15.8. The number of halogens is 1. The summed E-state index contributed by atoms with van der Waals surface area (Å²) in [5.41, 5.74) is 1.22. The van der Waals surface area contributed by atoms with Crippen LogP contribution in [0.4, 0.5) is 4.39 Å². The van der Waals surface area contributed by atoms with Crippen molar-refractivity contribution < 1.29 is 31.8 Å². The van der Waals surface area contributed by atoms with Crippen LogP contribution < -0.4 is 14.8 Å². The van der Waals surface area contributed by atoms with Crippen molar-refractivity contribution in [2.75, 3.05) is 26.8 Å². The highest BCUT2D eigenvalue weighted by atomic mass is 32.2. The molecule has 1 fully saturated rings. The summed E-state index contributed by atoms with van der Waals surface area (Å²) in [6, 6.07) is 19.8. The summed E-state index contributed by atoms with van der Waals surface area (Å²) in [4.78, 5) is 13.3. The van der Waals surface area contributed by atoms with Gasteiger partial charge in [0.1, 0.15) is 11.9 Å². The average molecular weight is 582 g/mol. The summed E-state index contributed by atoms with van der Waals surface area (Å²) in [5.74, 6) is -1.11. The van der Waals surface area contributed by atoms with Crippen LogP contribution in [0.1, 0.15) is 42.6 Å². The number of nitrogens with one attached hydrogen (secondary N) is 1. The Morgan fingerprint density at radius 1 is 1.12 bits per heavy atom. The van der Waals surface area contributed by atoms with E-state index in [1.165, 1.54) is 23.5 Å². The van der Waals surface area contributed by atoms with Gasteiger partial charge in [-0.3, -0.25) is 4.79 Å². The van der Waals surface area contributed by atoms with E-state index < -0.39 is 34.0 Å². The number of sulfonamides is 1. The quantitative estimate of drug-likeness (QED) is 0.358. The molecule has 1 saturated heterocycles.